The molecule has 0 radical (unpaired) electrons. The molecule has 0 aliphatic carbocycles. The van der Waals surface area contributed by atoms with Gasteiger partial charge in [-0.05, 0) is 41.8 Å². The van der Waals surface area contributed by atoms with Crippen LogP contribution in [0.15, 0.2) is 48.5 Å². The van der Waals surface area contributed by atoms with E-state index < -0.39 is 0 Å². The molecule has 0 atom stereocenters. The number of aliphatic hydroxyl groups excluding tert-OH is 1. The number of aliphatic hydroxyl groups is 1. The van der Waals surface area contributed by atoms with Crippen molar-refractivity contribution in [2.24, 2.45) is 0 Å². The van der Waals surface area contributed by atoms with Crippen LogP contribution in [0.4, 0.5) is 5.69 Å². The second kappa shape index (κ2) is 9.07. The zero-order chi connectivity index (χ0) is 15.6. The largest absolute Gasteiger partial charge is 0.491 e. The van der Waals surface area contributed by atoms with E-state index in [1.165, 1.54) is 5.56 Å². The van der Waals surface area contributed by atoms with Gasteiger partial charge in [-0.25, -0.2) is 0 Å². The Kier molecular flexibility index (Phi) is 6.74. The Morgan fingerprint density at radius 2 is 1.59 bits per heavy atom. The van der Waals surface area contributed by atoms with Crippen LogP contribution >= 0.6 is 0 Å². The van der Waals surface area contributed by atoms with Crippen LogP contribution in [-0.2, 0) is 17.7 Å². The molecule has 0 aliphatic rings. The number of methoxy groups -OCH3 is 1. The molecule has 0 saturated carbocycles. The van der Waals surface area contributed by atoms with Crippen molar-refractivity contribution in [1.82, 2.24) is 0 Å². The lowest BCUT2D eigenvalue weighted by Gasteiger charge is -2.09. The van der Waals surface area contributed by atoms with Gasteiger partial charge in [0.2, 0.25) is 0 Å². The summed E-state index contributed by atoms with van der Waals surface area (Å²) in [5.74, 6) is 0.856. The van der Waals surface area contributed by atoms with Crippen LogP contribution in [0.5, 0.6) is 5.75 Å². The minimum Gasteiger partial charge on any atom is -0.491 e. The molecule has 4 heteroatoms. The number of benzene rings is 2. The molecular weight excluding hydrogens is 278 g/mol. The highest BCUT2D eigenvalue weighted by Gasteiger charge is 1.98. The quantitative estimate of drug-likeness (QED) is 0.699. The van der Waals surface area contributed by atoms with E-state index in [4.69, 9.17) is 14.6 Å². The van der Waals surface area contributed by atoms with Gasteiger partial charge in [-0.15, -0.1) is 0 Å². The van der Waals surface area contributed by atoms with Crippen molar-refractivity contribution >= 4 is 5.69 Å². The van der Waals surface area contributed by atoms with Gasteiger partial charge >= 0.3 is 0 Å². The van der Waals surface area contributed by atoms with E-state index in [1.54, 1.807) is 7.11 Å². The van der Waals surface area contributed by atoms with Gasteiger partial charge < -0.3 is 19.9 Å². The fraction of sp³-hybridized carbons (Fsp3) is 0.333. The SMILES string of the molecule is COCCOc1ccc(CNc2ccc(CCO)cc2)cc1. The third-order valence-corrected chi connectivity index (χ3v) is 3.33. The molecule has 2 rings (SSSR count). The molecule has 0 spiro atoms. The first kappa shape index (κ1) is 16.3. The van der Waals surface area contributed by atoms with Crippen LogP contribution in [-0.4, -0.2) is 32.0 Å². The van der Waals surface area contributed by atoms with E-state index in [1.807, 2.05) is 36.4 Å². The summed E-state index contributed by atoms with van der Waals surface area (Å²) in [4.78, 5) is 0. The number of anilines is 1. The van der Waals surface area contributed by atoms with Crippen LogP contribution in [0.2, 0.25) is 0 Å². The van der Waals surface area contributed by atoms with E-state index in [-0.39, 0.29) is 6.61 Å². The van der Waals surface area contributed by atoms with E-state index >= 15 is 0 Å². The monoisotopic (exact) mass is 301 g/mol. The Bertz CT molecular complexity index is 537. The van der Waals surface area contributed by atoms with Gasteiger partial charge in [0.05, 0.1) is 6.61 Å². The van der Waals surface area contributed by atoms with Crippen LogP contribution in [0.25, 0.3) is 0 Å². The van der Waals surface area contributed by atoms with Crippen LogP contribution in [0, 0.1) is 0 Å². The van der Waals surface area contributed by atoms with Crippen molar-refractivity contribution in [2.45, 2.75) is 13.0 Å². The third kappa shape index (κ3) is 5.39. The molecule has 2 aromatic rings. The zero-order valence-corrected chi connectivity index (χ0v) is 12.9. The van der Waals surface area contributed by atoms with Crippen LogP contribution in [0.3, 0.4) is 0 Å². The van der Waals surface area contributed by atoms with Crippen molar-refractivity contribution in [3.05, 3.63) is 59.7 Å². The van der Waals surface area contributed by atoms with Crippen molar-refractivity contribution in [2.75, 3.05) is 32.2 Å². The van der Waals surface area contributed by atoms with E-state index in [0.29, 0.717) is 19.6 Å². The van der Waals surface area contributed by atoms with Crippen molar-refractivity contribution in [1.29, 1.82) is 0 Å². The first-order valence-corrected chi connectivity index (χ1v) is 7.46. The number of hydrogen-bond donors (Lipinski definition) is 2. The summed E-state index contributed by atoms with van der Waals surface area (Å²) in [6.07, 6.45) is 0.699. The van der Waals surface area contributed by atoms with Gasteiger partial charge in [0.1, 0.15) is 12.4 Å². The Balaban J connectivity index is 1.80. The van der Waals surface area contributed by atoms with Crippen molar-refractivity contribution < 1.29 is 14.6 Å². The highest BCUT2D eigenvalue weighted by molar-refractivity contribution is 5.45. The summed E-state index contributed by atoms with van der Waals surface area (Å²) >= 11 is 0. The molecule has 0 saturated heterocycles. The maximum Gasteiger partial charge on any atom is 0.119 e. The lowest BCUT2D eigenvalue weighted by Crippen LogP contribution is -2.04. The second-order valence-electron chi connectivity index (χ2n) is 5.01. The maximum absolute atomic E-state index is 8.90. The minimum atomic E-state index is 0.186. The molecule has 0 aliphatic heterocycles. The summed E-state index contributed by atoms with van der Waals surface area (Å²) in [5, 5.41) is 12.3. The van der Waals surface area contributed by atoms with Gasteiger partial charge in [0.15, 0.2) is 0 Å². The number of ether oxygens (including phenoxy) is 2. The Morgan fingerprint density at radius 1 is 0.909 bits per heavy atom. The van der Waals surface area contributed by atoms with Gasteiger partial charge in [0.25, 0.3) is 0 Å². The molecule has 22 heavy (non-hydrogen) atoms. The molecule has 0 amide bonds. The summed E-state index contributed by atoms with van der Waals surface area (Å²) in [6.45, 7) is 2.10. The van der Waals surface area contributed by atoms with Gasteiger partial charge in [-0.2, -0.15) is 0 Å². The normalized spacial score (nSPS) is 10.5. The van der Waals surface area contributed by atoms with Gasteiger partial charge in [-0.3, -0.25) is 0 Å². The lowest BCUT2D eigenvalue weighted by atomic mass is 10.1. The third-order valence-electron chi connectivity index (χ3n) is 3.33. The molecule has 2 aromatic carbocycles. The predicted octanol–water partition coefficient (Wildman–Crippen LogP) is 2.86. The highest BCUT2D eigenvalue weighted by atomic mass is 16.5. The predicted molar refractivity (Wildman–Crippen MR) is 88.4 cm³/mol. The highest BCUT2D eigenvalue weighted by Crippen LogP contribution is 2.15. The number of hydrogen-bond acceptors (Lipinski definition) is 4. The zero-order valence-electron chi connectivity index (χ0n) is 12.9. The van der Waals surface area contributed by atoms with Gasteiger partial charge in [-0.1, -0.05) is 24.3 Å². The molecule has 0 unspecified atom stereocenters. The Morgan fingerprint density at radius 3 is 2.23 bits per heavy atom. The first-order valence-electron chi connectivity index (χ1n) is 7.46. The number of nitrogens with one attached hydrogen (secondary N) is 1. The van der Waals surface area contributed by atoms with E-state index in [0.717, 1.165) is 23.5 Å². The molecule has 118 valence electrons. The second-order valence-corrected chi connectivity index (χ2v) is 5.01. The molecule has 4 nitrogen and oxygen atoms in total. The van der Waals surface area contributed by atoms with Crippen molar-refractivity contribution in [3.8, 4) is 5.75 Å². The first-order chi connectivity index (χ1) is 10.8. The average Bonchev–Trinajstić information content (AvgIpc) is 2.56. The van der Waals surface area contributed by atoms with E-state index in [2.05, 4.69) is 17.4 Å². The number of rotatable bonds is 9. The average molecular weight is 301 g/mol. The smallest absolute Gasteiger partial charge is 0.119 e. The summed E-state index contributed by atoms with van der Waals surface area (Å²) in [6, 6.07) is 16.2. The summed E-state index contributed by atoms with van der Waals surface area (Å²) in [7, 11) is 1.66. The summed E-state index contributed by atoms with van der Waals surface area (Å²) in [5.41, 5.74) is 3.41. The maximum atomic E-state index is 8.90. The topological polar surface area (TPSA) is 50.7 Å². The van der Waals surface area contributed by atoms with Crippen LogP contribution < -0.4 is 10.1 Å². The standard InChI is InChI=1S/C18H23NO3/c1-21-12-13-22-18-8-4-16(5-9-18)14-19-17-6-2-15(3-7-17)10-11-20/h2-9,19-20H,10-14H2,1H3. The summed E-state index contributed by atoms with van der Waals surface area (Å²) < 4.78 is 10.5. The van der Waals surface area contributed by atoms with Crippen LogP contribution in [0.1, 0.15) is 11.1 Å². The Hall–Kier alpha value is -2.04. The fourth-order valence-corrected chi connectivity index (χ4v) is 2.07. The molecular formula is C18H23NO3. The molecule has 2 N–H and O–H groups in total. The minimum absolute atomic E-state index is 0.186. The van der Waals surface area contributed by atoms with E-state index in [9.17, 15) is 0 Å². The Labute approximate surface area is 131 Å². The molecule has 0 fully saturated rings. The van der Waals surface area contributed by atoms with Gasteiger partial charge in [0, 0.05) is 25.9 Å². The van der Waals surface area contributed by atoms with Crippen molar-refractivity contribution in [3.63, 3.8) is 0 Å². The lowest BCUT2D eigenvalue weighted by molar-refractivity contribution is 0.146. The fourth-order valence-electron chi connectivity index (χ4n) is 2.07. The molecule has 0 heterocycles. The molecule has 0 aromatic heterocycles. The molecule has 0 bridgehead atoms.